The lowest BCUT2D eigenvalue weighted by Gasteiger charge is -2.19. The summed E-state index contributed by atoms with van der Waals surface area (Å²) < 4.78 is 39.9. The molecule has 0 radical (unpaired) electrons. The van der Waals surface area contributed by atoms with Gasteiger partial charge in [0.25, 0.3) is 0 Å². The molecular formula is C22H22F3N7O. The van der Waals surface area contributed by atoms with Crippen LogP contribution in [0.2, 0.25) is 0 Å². The van der Waals surface area contributed by atoms with Crippen molar-refractivity contribution in [1.29, 1.82) is 0 Å². The van der Waals surface area contributed by atoms with Crippen LogP contribution in [0.3, 0.4) is 0 Å². The average Bonchev–Trinajstić information content (AvgIpc) is 3.42. The van der Waals surface area contributed by atoms with E-state index < -0.39 is 24.4 Å². The molecule has 1 unspecified atom stereocenters. The molecule has 0 saturated carbocycles. The van der Waals surface area contributed by atoms with Crippen molar-refractivity contribution in [2.75, 3.05) is 0 Å². The Hall–Kier alpha value is -3.76. The highest BCUT2D eigenvalue weighted by atomic mass is 19.4. The SMILES string of the molecule is CC(C)NC(=O)C(CCC(F)(F)F)c1ccc(-n2cc(-c3ccnc4nc[nH]c34)cn2)nc1. The molecule has 33 heavy (non-hydrogen) atoms. The van der Waals surface area contributed by atoms with Gasteiger partial charge in [0.2, 0.25) is 5.91 Å². The molecule has 0 aromatic carbocycles. The highest BCUT2D eigenvalue weighted by molar-refractivity contribution is 5.89. The van der Waals surface area contributed by atoms with Crippen LogP contribution in [-0.4, -0.2) is 47.8 Å². The van der Waals surface area contributed by atoms with E-state index in [0.717, 1.165) is 16.6 Å². The molecule has 11 heteroatoms. The van der Waals surface area contributed by atoms with E-state index in [1.807, 2.05) is 6.07 Å². The van der Waals surface area contributed by atoms with Crippen molar-refractivity contribution in [3.8, 4) is 16.9 Å². The summed E-state index contributed by atoms with van der Waals surface area (Å²) in [5, 5.41) is 7.04. The van der Waals surface area contributed by atoms with Gasteiger partial charge in [0, 0.05) is 42.2 Å². The molecule has 0 aliphatic heterocycles. The van der Waals surface area contributed by atoms with Crippen LogP contribution < -0.4 is 5.32 Å². The number of nitrogens with one attached hydrogen (secondary N) is 2. The fourth-order valence-electron chi connectivity index (χ4n) is 3.56. The number of amides is 1. The minimum atomic E-state index is -4.35. The summed E-state index contributed by atoms with van der Waals surface area (Å²) in [6, 6.07) is 4.91. The molecule has 2 N–H and O–H groups in total. The van der Waals surface area contributed by atoms with Gasteiger partial charge in [0.15, 0.2) is 11.5 Å². The van der Waals surface area contributed by atoms with Crippen LogP contribution >= 0.6 is 0 Å². The lowest BCUT2D eigenvalue weighted by molar-refractivity contribution is -0.138. The third-order valence-electron chi connectivity index (χ3n) is 5.09. The van der Waals surface area contributed by atoms with E-state index in [1.165, 1.54) is 6.20 Å². The molecule has 0 spiro atoms. The number of imidazole rings is 1. The van der Waals surface area contributed by atoms with E-state index in [9.17, 15) is 18.0 Å². The van der Waals surface area contributed by atoms with Gasteiger partial charge in [-0.05, 0) is 38.0 Å². The first-order valence-corrected chi connectivity index (χ1v) is 10.4. The number of hydrogen-bond donors (Lipinski definition) is 2. The summed E-state index contributed by atoms with van der Waals surface area (Å²) in [5.41, 5.74) is 3.48. The summed E-state index contributed by atoms with van der Waals surface area (Å²) in [6.07, 6.45) is 2.36. The Kier molecular flexibility index (Phi) is 6.12. The zero-order chi connectivity index (χ0) is 23.6. The summed E-state index contributed by atoms with van der Waals surface area (Å²) in [7, 11) is 0. The number of aromatic amines is 1. The maximum atomic E-state index is 12.8. The van der Waals surface area contributed by atoms with Gasteiger partial charge in [-0.1, -0.05) is 6.07 Å². The van der Waals surface area contributed by atoms with Crippen LogP contribution in [0, 0.1) is 0 Å². The standard InChI is InChI=1S/C22H22F3N7O/c1-13(2)31-21(33)17(5-7-22(23,24)25)14-3-4-18(27-9-14)32-11-15(10-30-32)16-6-8-26-20-19(16)28-12-29-20/h3-4,6,8-13,17H,5,7H2,1-2H3,(H,31,33)(H,26,28,29). The molecule has 4 aromatic rings. The van der Waals surface area contributed by atoms with Crippen LogP contribution in [0.25, 0.3) is 28.1 Å². The van der Waals surface area contributed by atoms with Crippen LogP contribution in [0.5, 0.6) is 0 Å². The van der Waals surface area contributed by atoms with Gasteiger partial charge in [-0.15, -0.1) is 0 Å². The van der Waals surface area contributed by atoms with Crippen molar-refractivity contribution >= 4 is 17.1 Å². The minimum Gasteiger partial charge on any atom is -0.353 e. The third-order valence-corrected chi connectivity index (χ3v) is 5.09. The number of hydrogen-bond acceptors (Lipinski definition) is 5. The Bertz CT molecular complexity index is 1240. The highest BCUT2D eigenvalue weighted by Crippen LogP contribution is 2.30. The second-order valence-electron chi connectivity index (χ2n) is 7.95. The lowest BCUT2D eigenvalue weighted by Crippen LogP contribution is -2.35. The number of H-pyrrole nitrogens is 1. The summed E-state index contributed by atoms with van der Waals surface area (Å²) in [4.78, 5) is 28.3. The van der Waals surface area contributed by atoms with Gasteiger partial charge < -0.3 is 10.3 Å². The van der Waals surface area contributed by atoms with Crippen molar-refractivity contribution < 1.29 is 18.0 Å². The van der Waals surface area contributed by atoms with Crippen molar-refractivity contribution in [2.45, 2.75) is 44.8 Å². The van der Waals surface area contributed by atoms with Gasteiger partial charge in [-0.2, -0.15) is 18.3 Å². The number of carbonyl (C=O) groups excluding carboxylic acids is 1. The molecule has 4 heterocycles. The number of nitrogens with zero attached hydrogens (tertiary/aromatic N) is 5. The lowest BCUT2D eigenvalue weighted by atomic mass is 9.94. The van der Waals surface area contributed by atoms with Gasteiger partial charge in [-0.25, -0.2) is 19.6 Å². The molecule has 0 bridgehead atoms. The Morgan fingerprint density at radius 3 is 2.67 bits per heavy atom. The number of aromatic nitrogens is 6. The van der Waals surface area contributed by atoms with Gasteiger partial charge in [0.1, 0.15) is 0 Å². The predicted molar refractivity (Wildman–Crippen MR) is 116 cm³/mol. The smallest absolute Gasteiger partial charge is 0.353 e. The zero-order valence-electron chi connectivity index (χ0n) is 18.0. The fraction of sp³-hybridized carbons (Fsp3) is 0.318. The molecule has 0 aliphatic carbocycles. The van der Waals surface area contributed by atoms with E-state index >= 15 is 0 Å². The van der Waals surface area contributed by atoms with Gasteiger partial charge in [0.05, 0.1) is 24.0 Å². The molecule has 4 rings (SSSR count). The first-order valence-electron chi connectivity index (χ1n) is 10.4. The summed E-state index contributed by atoms with van der Waals surface area (Å²) in [6.45, 7) is 3.52. The average molecular weight is 457 g/mol. The van der Waals surface area contributed by atoms with E-state index in [4.69, 9.17) is 0 Å². The summed E-state index contributed by atoms with van der Waals surface area (Å²) >= 11 is 0. The molecule has 0 saturated heterocycles. The maximum absolute atomic E-state index is 12.8. The number of fused-ring (bicyclic) bond motifs is 1. The third kappa shape index (κ3) is 5.18. The van der Waals surface area contributed by atoms with Crippen LogP contribution in [0.15, 0.2) is 49.3 Å². The van der Waals surface area contributed by atoms with Crippen LogP contribution in [0.4, 0.5) is 13.2 Å². The number of alkyl halides is 3. The first kappa shape index (κ1) is 22.4. The Morgan fingerprint density at radius 1 is 1.15 bits per heavy atom. The Labute approximate surface area is 187 Å². The van der Waals surface area contributed by atoms with E-state index in [-0.39, 0.29) is 12.5 Å². The molecule has 0 aliphatic rings. The van der Waals surface area contributed by atoms with Gasteiger partial charge >= 0.3 is 6.18 Å². The molecule has 8 nitrogen and oxygen atoms in total. The zero-order valence-corrected chi connectivity index (χ0v) is 18.0. The molecule has 1 amide bonds. The number of carbonyl (C=O) groups is 1. The van der Waals surface area contributed by atoms with E-state index in [2.05, 4.69) is 30.4 Å². The fourth-order valence-corrected chi connectivity index (χ4v) is 3.56. The summed E-state index contributed by atoms with van der Waals surface area (Å²) in [5.74, 6) is -0.931. The molecular weight excluding hydrogens is 435 g/mol. The van der Waals surface area contributed by atoms with Crippen LogP contribution in [-0.2, 0) is 4.79 Å². The number of halogens is 3. The highest BCUT2D eigenvalue weighted by Gasteiger charge is 2.31. The Balaban J connectivity index is 1.58. The van der Waals surface area contributed by atoms with Gasteiger partial charge in [-0.3, -0.25) is 4.79 Å². The number of pyridine rings is 2. The number of rotatable bonds is 7. The van der Waals surface area contributed by atoms with Crippen LogP contribution in [0.1, 0.15) is 38.2 Å². The first-order chi connectivity index (χ1) is 15.7. The van der Waals surface area contributed by atoms with E-state index in [1.54, 1.807) is 55.6 Å². The van der Waals surface area contributed by atoms with Crippen molar-refractivity contribution in [2.24, 2.45) is 0 Å². The maximum Gasteiger partial charge on any atom is 0.389 e. The predicted octanol–water partition coefficient (Wildman–Crippen LogP) is 4.16. The molecule has 172 valence electrons. The normalized spacial score (nSPS) is 12.9. The monoisotopic (exact) mass is 457 g/mol. The molecule has 4 aromatic heterocycles. The minimum absolute atomic E-state index is 0.185. The topological polar surface area (TPSA) is 101 Å². The molecule has 1 atom stereocenters. The second kappa shape index (κ2) is 9.00. The van der Waals surface area contributed by atoms with Crippen molar-refractivity contribution in [1.82, 2.24) is 35.0 Å². The van der Waals surface area contributed by atoms with E-state index in [0.29, 0.717) is 17.0 Å². The Morgan fingerprint density at radius 2 is 1.97 bits per heavy atom. The largest absolute Gasteiger partial charge is 0.389 e. The van der Waals surface area contributed by atoms with Crippen molar-refractivity contribution in [3.05, 3.63) is 54.9 Å². The molecule has 0 fully saturated rings. The van der Waals surface area contributed by atoms with Crippen molar-refractivity contribution in [3.63, 3.8) is 0 Å². The second-order valence-corrected chi connectivity index (χ2v) is 7.95. The quantitative estimate of drug-likeness (QED) is 0.434.